The predicted molar refractivity (Wildman–Crippen MR) is 233 cm³/mol. The fourth-order valence-corrected chi connectivity index (χ4v) is 7.99. The normalized spacial score (nSPS) is 11.9. The number of nitrogens with zero attached hydrogens (tertiary/aromatic N) is 5. The summed E-state index contributed by atoms with van der Waals surface area (Å²) in [7, 11) is 0. The predicted octanol–water partition coefficient (Wildman–Crippen LogP) is 10.5. The second-order valence-corrected chi connectivity index (χ2v) is 15.2. The van der Waals surface area contributed by atoms with Gasteiger partial charge in [0.1, 0.15) is 18.2 Å². The lowest BCUT2D eigenvalue weighted by Gasteiger charge is -2.36. The van der Waals surface area contributed by atoms with E-state index >= 15 is 0 Å². The molecule has 1 amide bonds. The van der Waals surface area contributed by atoms with E-state index in [9.17, 15) is 9.59 Å². The molecule has 0 bridgehead atoms. The van der Waals surface area contributed by atoms with Gasteiger partial charge in [-0.15, -0.1) is 5.10 Å². The van der Waals surface area contributed by atoms with Gasteiger partial charge in [-0.2, -0.15) is 0 Å². The average Bonchev–Trinajstić information content (AvgIpc) is 3.77. The van der Waals surface area contributed by atoms with Crippen molar-refractivity contribution < 1.29 is 14.3 Å². The standard InChI is InChI=1S/C51H51N5O3/c1-4-5-10-31-47(57)55(48(38(2)3)50(58)59-37-40-21-11-6-12-22-40)36-39-32-34-41(35-33-39)45-29-19-20-30-46(45)49-52-53-54-56(49)51(42-23-13-7-14-24-42,43-25-15-8-16-26-43)44-27-17-9-18-28-44/h6-9,11-30,32-35,38,48H,4-5,10,31,36-37H2,1-3H3/t48-/m0/s1/i48+2,50+2. The maximum absolute atomic E-state index is 13.9. The molecule has 0 aliphatic rings. The first-order chi connectivity index (χ1) is 28.9. The monoisotopic (exact) mass is 785 g/mol. The fraction of sp³-hybridized carbons (Fsp3) is 0.235. The summed E-state index contributed by atoms with van der Waals surface area (Å²) in [5, 5.41) is 13.8. The highest BCUT2D eigenvalue weighted by molar-refractivity contribution is 5.85. The number of carbonyl (C=O) groups excluding carboxylic acids is 2. The number of carbonyl (C=O) groups is 2. The van der Waals surface area contributed by atoms with Crippen molar-refractivity contribution in [3.63, 3.8) is 0 Å². The van der Waals surface area contributed by atoms with Gasteiger partial charge in [-0.25, -0.2) is 9.48 Å². The number of hydrogen-bond acceptors (Lipinski definition) is 6. The van der Waals surface area contributed by atoms with Gasteiger partial charge in [-0.3, -0.25) is 4.79 Å². The highest BCUT2D eigenvalue weighted by Gasteiger charge is 2.42. The molecule has 0 fully saturated rings. The quantitative estimate of drug-likeness (QED) is 0.0519. The van der Waals surface area contributed by atoms with Gasteiger partial charge in [0, 0.05) is 18.5 Å². The van der Waals surface area contributed by atoms with Crippen LogP contribution in [0.15, 0.2) is 170 Å². The van der Waals surface area contributed by atoms with Crippen molar-refractivity contribution in [1.29, 1.82) is 0 Å². The zero-order valence-electron chi connectivity index (χ0n) is 34.0. The lowest BCUT2D eigenvalue weighted by atomic mass is 9.77. The fourth-order valence-electron chi connectivity index (χ4n) is 7.99. The van der Waals surface area contributed by atoms with E-state index in [4.69, 9.17) is 15.0 Å². The van der Waals surface area contributed by atoms with Crippen LogP contribution in [0.3, 0.4) is 0 Å². The molecule has 1 atom stereocenters. The summed E-state index contributed by atoms with van der Waals surface area (Å²) in [5.74, 6) is 0.0153. The zero-order valence-corrected chi connectivity index (χ0v) is 34.0. The maximum Gasteiger partial charge on any atom is 0.329 e. The van der Waals surface area contributed by atoms with Gasteiger partial charge in [0.15, 0.2) is 5.82 Å². The molecule has 8 heteroatoms. The van der Waals surface area contributed by atoms with Crippen molar-refractivity contribution in [2.45, 2.75) is 71.2 Å². The van der Waals surface area contributed by atoms with E-state index in [1.807, 2.05) is 128 Å². The molecular formula is C51H51N5O3. The SMILES string of the molecule is CCCCCC(=O)N(Cc1ccc(-c2ccccc2-c2nnnn2C(c2ccccc2)(c2ccccc2)c2ccccc2)cc1)[14C@@H](C(C)C)[14C](=O)OCc1ccccc1. The number of tetrazole rings is 1. The molecule has 0 radical (unpaired) electrons. The molecule has 0 spiro atoms. The number of unbranched alkanes of at least 4 members (excludes halogenated alkanes) is 2. The van der Waals surface area contributed by atoms with Crippen molar-refractivity contribution in [2.75, 3.05) is 0 Å². The Morgan fingerprint density at radius 1 is 0.695 bits per heavy atom. The van der Waals surface area contributed by atoms with Crippen molar-refractivity contribution >= 4 is 11.9 Å². The van der Waals surface area contributed by atoms with Crippen LogP contribution in [0, 0.1) is 5.92 Å². The Bertz CT molecular complexity index is 2300. The van der Waals surface area contributed by atoms with E-state index in [1.54, 1.807) is 4.90 Å². The van der Waals surface area contributed by atoms with Crippen molar-refractivity contribution in [3.8, 4) is 22.5 Å². The molecule has 0 N–H and O–H groups in total. The Labute approximate surface area is 347 Å². The minimum absolute atomic E-state index is 0.0474. The van der Waals surface area contributed by atoms with E-state index in [2.05, 4.69) is 72.8 Å². The van der Waals surface area contributed by atoms with E-state index in [1.165, 1.54) is 0 Å². The third-order valence-electron chi connectivity index (χ3n) is 10.9. The van der Waals surface area contributed by atoms with Crippen LogP contribution in [-0.4, -0.2) is 43.0 Å². The zero-order chi connectivity index (χ0) is 41.0. The minimum atomic E-state index is -0.901. The Hall–Kier alpha value is -6.67. The Morgan fingerprint density at radius 2 is 1.22 bits per heavy atom. The molecule has 6 aromatic carbocycles. The maximum atomic E-state index is 13.9. The van der Waals surface area contributed by atoms with Crippen LogP contribution in [0.2, 0.25) is 0 Å². The van der Waals surface area contributed by atoms with Gasteiger partial charge >= 0.3 is 5.97 Å². The van der Waals surface area contributed by atoms with Gasteiger partial charge in [0.25, 0.3) is 0 Å². The lowest BCUT2D eigenvalue weighted by molar-refractivity contribution is -0.159. The van der Waals surface area contributed by atoms with Crippen LogP contribution in [-0.2, 0) is 33.0 Å². The molecule has 0 aliphatic carbocycles. The average molecular weight is 786 g/mol. The van der Waals surface area contributed by atoms with Crippen LogP contribution in [0.1, 0.15) is 74.3 Å². The summed E-state index contributed by atoms with van der Waals surface area (Å²) in [4.78, 5) is 29.4. The lowest BCUT2D eigenvalue weighted by Crippen LogP contribution is -2.48. The first-order valence-corrected chi connectivity index (χ1v) is 20.6. The molecule has 59 heavy (non-hydrogen) atoms. The molecule has 7 rings (SSSR count). The smallest absolute Gasteiger partial charge is 0.329 e. The van der Waals surface area contributed by atoms with Crippen molar-refractivity contribution in [1.82, 2.24) is 25.1 Å². The second-order valence-electron chi connectivity index (χ2n) is 15.2. The minimum Gasteiger partial charge on any atom is -0.459 e. The summed E-state index contributed by atoms with van der Waals surface area (Å²) >= 11 is 0. The Morgan fingerprint density at radius 3 is 1.76 bits per heavy atom. The third-order valence-corrected chi connectivity index (χ3v) is 10.9. The van der Waals surface area contributed by atoms with Gasteiger partial charge < -0.3 is 9.64 Å². The first kappa shape index (κ1) is 40.5. The van der Waals surface area contributed by atoms with Gasteiger partial charge in [-0.05, 0) is 61.7 Å². The largest absolute Gasteiger partial charge is 0.459 e. The van der Waals surface area contributed by atoms with Gasteiger partial charge in [-0.1, -0.05) is 203 Å². The molecule has 1 aromatic heterocycles. The molecule has 298 valence electrons. The molecule has 1 heterocycles. The summed E-state index contributed by atoms with van der Waals surface area (Å²) in [6, 6.07) is 56.4. The van der Waals surface area contributed by atoms with Crippen molar-refractivity contribution in [3.05, 3.63) is 198 Å². The van der Waals surface area contributed by atoms with E-state index in [0.29, 0.717) is 12.2 Å². The Kier molecular flexibility index (Phi) is 13.2. The highest BCUT2D eigenvalue weighted by Crippen LogP contribution is 2.43. The molecule has 0 aliphatic heterocycles. The second kappa shape index (κ2) is 19.2. The van der Waals surface area contributed by atoms with Crippen LogP contribution in [0.4, 0.5) is 0 Å². The number of amides is 1. The first-order valence-electron chi connectivity index (χ1n) is 20.6. The summed E-state index contributed by atoms with van der Waals surface area (Å²) < 4.78 is 7.79. The topological polar surface area (TPSA) is 90.2 Å². The summed E-state index contributed by atoms with van der Waals surface area (Å²) in [5.41, 5.74) is 6.76. The highest BCUT2D eigenvalue weighted by atomic mass is 16.8. The number of hydrogen-bond donors (Lipinski definition) is 0. The molecule has 0 saturated carbocycles. The molecule has 0 unspecified atom stereocenters. The van der Waals surface area contributed by atoms with Gasteiger partial charge in [0.2, 0.25) is 5.91 Å². The van der Waals surface area contributed by atoms with Crippen LogP contribution < -0.4 is 0 Å². The molecule has 7 aromatic rings. The van der Waals surface area contributed by atoms with Crippen molar-refractivity contribution in [2.24, 2.45) is 5.92 Å². The summed E-state index contributed by atoms with van der Waals surface area (Å²) in [6.07, 6.45) is 3.09. The number of aromatic nitrogens is 4. The third kappa shape index (κ3) is 8.92. The summed E-state index contributed by atoms with van der Waals surface area (Å²) in [6.45, 7) is 6.49. The number of benzene rings is 6. The van der Waals surface area contributed by atoms with Gasteiger partial charge in [0.05, 0.1) is 0 Å². The van der Waals surface area contributed by atoms with Crippen LogP contribution in [0.5, 0.6) is 0 Å². The van der Waals surface area contributed by atoms with E-state index in [-0.39, 0.29) is 25.0 Å². The van der Waals surface area contributed by atoms with E-state index in [0.717, 1.165) is 63.8 Å². The van der Waals surface area contributed by atoms with E-state index < -0.39 is 17.6 Å². The number of rotatable bonds is 17. The van der Waals surface area contributed by atoms with Crippen LogP contribution in [0.25, 0.3) is 22.5 Å². The molecule has 0 saturated heterocycles. The molecular weight excluding hydrogens is 735 g/mol. The van der Waals surface area contributed by atoms with Crippen LogP contribution >= 0.6 is 0 Å². The number of esters is 1. The number of ether oxygens (including phenoxy) is 1. The Balaban J connectivity index is 1.25. The molecule has 8 nitrogen and oxygen atoms in total.